The van der Waals surface area contributed by atoms with E-state index in [4.69, 9.17) is 0 Å². The number of nitrogens with one attached hydrogen (secondary N) is 2. The van der Waals surface area contributed by atoms with Crippen molar-refractivity contribution in [3.8, 4) is 0 Å². The van der Waals surface area contributed by atoms with E-state index in [2.05, 4.69) is 20.8 Å². The molecule has 3 rings (SSSR count). The predicted octanol–water partition coefficient (Wildman–Crippen LogP) is 3.68. The van der Waals surface area contributed by atoms with Crippen LogP contribution in [-0.4, -0.2) is 21.9 Å². The van der Waals surface area contributed by atoms with Crippen LogP contribution in [0.5, 0.6) is 0 Å². The average molecular weight is 332 g/mol. The molecular weight excluding hydrogens is 316 g/mol. The van der Waals surface area contributed by atoms with Crippen LogP contribution in [-0.2, 0) is 0 Å². The van der Waals surface area contributed by atoms with Crippen LogP contribution in [0.2, 0.25) is 0 Å². The first-order valence-electron chi connectivity index (χ1n) is 7.70. The lowest BCUT2D eigenvalue weighted by atomic mass is 10.1. The first-order chi connectivity index (χ1) is 12.1. The number of carbonyl (C=O) groups excluding carboxylic acids is 2. The summed E-state index contributed by atoms with van der Waals surface area (Å²) >= 11 is 0. The van der Waals surface area contributed by atoms with Gasteiger partial charge in [0.25, 0.3) is 5.91 Å². The number of Topliss-reactive ketones (excluding diaryl/α,β-unsaturated/α-hetero) is 1. The molecule has 1 heterocycles. The fourth-order valence-electron chi connectivity index (χ4n) is 2.17. The van der Waals surface area contributed by atoms with Gasteiger partial charge in [-0.1, -0.05) is 18.2 Å². The molecule has 124 valence electrons. The van der Waals surface area contributed by atoms with Gasteiger partial charge in [0, 0.05) is 16.9 Å². The van der Waals surface area contributed by atoms with Crippen molar-refractivity contribution in [3.05, 3.63) is 78.0 Å². The number of amides is 1. The molecular formula is C19H16N4O2. The number of para-hydroxylation sites is 1. The van der Waals surface area contributed by atoms with Crippen LogP contribution in [0.25, 0.3) is 0 Å². The van der Waals surface area contributed by atoms with E-state index in [0.717, 1.165) is 5.69 Å². The zero-order valence-corrected chi connectivity index (χ0v) is 13.6. The van der Waals surface area contributed by atoms with Gasteiger partial charge in [0.2, 0.25) is 0 Å². The van der Waals surface area contributed by atoms with E-state index in [-0.39, 0.29) is 17.4 Å². The second-order valence-electron chi connectivity index (χ2n) is 5.38. The normalized spacial score (nSPS) is 10.1. The molecule has 0 aliphatic heterocycles. The summed E-state index contributed by atoms with van der Waals surface area (Å²) in [6.45, 7) is 1.52. The molecule has 0 saturated heterocycles. The van der Waals surface area contributed by atoms with Crippen LogP contribution in [0.1, 0.15) is 27.8 Å². The summed E-state index contributed by atoms with van der Waals surface area (Å²) in [4.78, 5) is 23.4. The Hall–Kier alpha value is -3.54. The fourth-order valence-corrected chi connectivity index (χ4v) is 2.17. The van der Waals surface area contributed by atoms with Gasteiger partial charge >= 0.3 is 0 Å². The number of nitrogens with zero attached hydrogens (tertiary/aromatic N) is 2. The number of ketones is 1. The molecule has 1 amide bonds. The number of anilines is 3. The molecule has 0 fully saturated rings. The zero-order chi connectivity index (χ0) is 17.6. The lowest BCUT2D eigenvalue weighted by Crippen LogP contribution is -2.14. The zero-order valence-electron chi connectivity index (χ0n) is 13.6. The molecule has 6 nitrogen and oxygen atoms in total. The molecule has 2 N–H and O–H groups in total. The molecule has 0 radical (unpaired) electrons. The Kier molecular flexibility index (Phi) is 4.80. The molecule has 0 aliphatic rings. The second-order valence-corrected chi connectivity index (χ2v) is 5.38. The van der Waals surface area contributed by atoms with Crippen LogP contribution in [0.4, 0.5) is 17.2 Å². The summed E-state index contributed by atoms with van der Waals surface area (Å²) < 4.78 is 0. The third kappa shape index (κ3) is 4.26. The Balaban J connectivity index is 1.65. The van der Waals surface area contributed by atoms with Gasteiger partial charge in [-0.15, -0.1) is 10.2 Å². The van der Waals surface area contributed by atoms with Crippen molar-refractivity contribution in [2.45, 2.75) is 6.92 Å². The minimum absolute atomic E-state index is 0.0140. The quantitative estimate of drug-likeness (QED) is 0.696. The maximum Gasteiger partial charge on any atom is 0.276 e. The third-order valence-electron chi connectivity index (χ3n) is 3.49. The SMILES string of the molecule is CC(=O)c1ccc(Nc2ccc(C(=O)Nc3ccccc3)nn2)cc1. The van der Waals surface area contributed by atoms with Gasteiger partial charge in [0.1, 0.15) is 0 Å². The fraction of sp³-hybridized carbons (Fsp3) is 0.0526. The van der Waals surface area contributed by atoms with Crippen molar-refractivity contribution >= 4 is 28.9 Å². The minimum atomic E-state index is -0.323. The number of aromatic nitrogens is 2. The highest BCUT2D eigenvalue weighted by molar-refractivity contribution is 6.02. The van der Waals surface area contributed by atoms with Gasteiger partial charge in [-0.3, -0.25) is 9.59 Å². The molecule has 0 saturated carbocycles. The lowest BCUT2D eigenvalue weighted by Gasteiger charge is -2.07. The molecule has 25 heavy (non-hydrogen) atoms. The summed E-state index contributed by atoms with van der Waals surface area (Å²) in [6, 6.07) is 19.5. The molecule has 0 atom stereocenters. The minimum Gasteiger partial charge on any atom is -0.339 e. The summed E-state index contributed by atoms with van der Waals surface area (Å²) in [5, 5.41) is 13.8. The van der Waals surface area contributed by atoms with Crippen molar-refractivity contribution in [1.82, 2.24) is 10.2 Å². The standard InChI is InChI=1S/C19H16N4O2/c1-13(24)14-7-9-16(10-8-14)20-18-12-11-17(22-23-18)19(25)21-15-5-3-2-4-6-15/h2-12H,1H3,(H,20,23)(H,21,25). The highest BCUT2D eigenvalue weighted by atomic mass is 16.2. The van der Waals surface area contributed by atoms with Gasteiger partial charge < -0.3 is 10.6 Å². The number of benzene rings is 2. The van der Waals surface area contributed by atoms with Gasteiger partial charge in [-0.2, -0.15) is 0 Å². The summed E-state index contributed by atoms with van der Waals surface area (Å²) in [5.41, 5.74) is 2.34. The van der Waals surface area contributed by atoms with Gasteiger partial charge in [0.05, 0.1) is 0 Å². The number of rotatable bonds is 5. The van der Waals surface area contributed by atoms with Crippen LogP contribution >= 0.6 is 0 Å². The molecule has 6 heteroatoms. The lowest BCUT2D eigenvalue weighted by molar-refractivity contribution is 0.101. The van der Waals surface area contributed by atoms with E-state index >= 15 is 0 Å². The highest BCUT2D eigenvalue weighted by Gasteiger charge is 2.08. The van der Waals surface area contributed by atoms with E-state index in [0.29, 0.717) is 17.1 Å². The van der Waals surface area contributed by atoms with E-state index in [1.165, 1.54) is 6.92 Å². The highest BCUT2D eigenvalue weighted by Crippen LogP contribution is 2.15. The van der Waals surface area contributed by atoms with Crippen molar-refractivity contribution in [2.75, 3.05) is 10.6 Å². The largest absolute Gasteiger partial charge is 0.339 e. The number of hydrogen-bond acceptors (Lipinski definition) is 5. The number of hydrogen-bond donors (Lipinski definition) is 2. The first-order valence-corrected chi connectivity index (χ1v) is 7.70. The van der Waals surface area contributed by atoms with E-state index in [9.17, 15) is 9.59 Å². The average Bonchev–Trinajstić information content (AvgIpc) is 2.63. The van der Waals surface area contributed by atoms with Gasteiger partial charge in [-0.05, 0) is 55.5 Å². The van der Waals surface area contributed by atoms with Crippen molar-refractivity contribution in [3.63, 3.8) is 0 Å². The topological polar surface area (TPSA) is 84.0 Å². The predicted molar refractivity (Wildman–Crippen MR) is 96.2 cm³/mol. The Bertz CT molecular complexity index is 876. The molecule has 0 aliphatic carbocycles. The smallest absolute Gasteiger partial charge is 0.276 e. The van der Waals surface area contributed by atoms with E-state index < -0.39 is 0 Å². The summed E-state index contributed by atoms with van der Waals surface area (Å²) in [7, 11) is 0. The third-order valence-corrected chi connectivity index (χ3v) is 3.49. The van der Waals surface area contributed by atoms with Crippen LogP contribution in [0.3, 0.4) is 0 Å². The monoisotopic (exact) mass is 332 g/mol. The van der Waals surface area contributed by atoms with Crippen LogP contribution < -0.4 is 10.6 Å². The second kappa shape index (κ2) is 7.35. The Labute approximate surface area is 144 Å². The van der Waals surface area contributed by atoms with E-state index in [1.54, 1.807) is 48.5 Å². The van der Waals surface area contributed by atoms with Crippen LogP contribution in [0, 0.1) is 0 Å². The van der Waals surface area contributed by atoms with Gasteiger partial charge in [-0.25, -0.2) is 0 Å². The summed E-state index contributed by atoms with van der Waals surface area (Å²) in [6.07, 6.45) is 0. The Morgan fingerprint density at radius 1 is 0.800 bits per heavy atom. The van der Waals surface area contributed by atoms with Crippen molar-refractivity contribution in [2.24, 2.45) is 0 Å². The maximum atomic E-state index is 12.1. The molecule has 1 aromatic heterocycles. The number of carbonyl (C=O) groups is 2. The first kappa shape index (κ1) is 16.3. The molecule has 0 spiro atoms. The summed E-state index contributed by atoms with van der Waals surface area (Å²) in [5.74, 6) is 0.197. The van der Waals surface area contributed by atoms with E-state index in [1.807, 2.05) is 18.2 Å². The molecule has 3 aromatic rings. The van der Waals surface area contributed by atoms with Gasteiger partial charge in [0.15, 0.2) is 17.3 Å². The Morgan fingerprint density at radius 3 is 2.12 bits per heavy atom. The molecule has 0 bridgehead atoms. The maximum absolute atomic E-state index is 12.1. The van der Waals surface area contributed by atoms with Crippen molar-refractivity contribution < 1.29 is 9.59 Å². The Morgan fingerprint density at radius 2 is 1.52 bits per heavy atom. The van der Waals surface area contributed by atoms with Crippen LogP contribution in [0.15, 0.2) is 66.7 Å². The van der Waals surface area contributed by atoms with Crippen molar-refractivity contribution in [1.29, 1.82) is 0 Å². The molecule has 2 aromatic carbocycles. The molecule has 0 unspecified atom stereocenters.